The minimum absolute atomic E-state index is 0.0935. The second-order valence-electron chi connectivity index (χ2n) is 6.85. The van der Waals surface area contributed by atoms with Crippen LogP contribution in [0.5, 0.6) is 0 Å². The largest absolute Gasteiger partial charge is 0.466 e. The number of carbonyl (C=O) groups is 2. The molecule has 2 atom stereocenters. The number of aliphatic hydroxyl groups is 1. The smallest absolute Gasteiger partial charge is 0.407 e. The fourth-order valence-electron chi connectivity index (χ4n) is 2.31. The number of esters is 1. The Kier molecular flexibility index (Phi) is 8.41. The number of benzene rings is 1. The van der Waals surface area contributed by atoms with Gasteiger partial charge in [0.1, 0.15) is 5.60 Å². The molecule has 0 bridgehead atoms. The normalized spacial score (nSPS) is 13.6. The maximum absolute atomic E-state index is 12.1. The summed E-state index contributed by atoms with van der Waals surface area (Å²) < 4.78 is 10.1. The summed E-state index contributed by atoms with van der Waals surface area (Å²) in [6.07, 6.45) is -0.757. The number of nitrogens with one attached hydrogen (secondary N) is 1. The number of hydrogen-bond donors (Lipinski definition) is 2. The third-order valence-corrected chi connectivity index (χ3v) is 3.41. The molecule has 1 rings (SSSR count). The van der Waals surface area contributed by atoms with Gasteiger partial charge in [0.2, 0.25) is 0 Å². The van der Waals surface area contributed by atoms with Crippen molar-refractivity contribution in [3.05, 3.63) is 35.9 Å². The van der Waals surface area contributed by atoms with Crippen molar-refractivity contribution in [1.29, 1.82) is 0 Å². The molecule has 0 aliphatic carbocycles. The molecular formula is C19H29NO5. The second kappa shape index (κ2) is 10.0. The van der Waals surface area contributed by atoms with Crippen LogP contribution in [0.25, 0.3) is 0 Å². The molecule has 0 aliphatic rings. The zero-order valence-corrected chi connectivity index (χ0v) is 15.5. The Morgan fingerprint density at radius 3 is 2.40 bits per heavy atom. The summed E-state index contributed by atoms with van der Waals surface area (Å²) in [7, 11) is 0. The number of hydrogen-bond acceptors (Lipinski definition) is 5. The molecule has 6 heteroatoms. The second-order valence-corrected chi connectivity index (χ2v) is 6.85. The van der Waals surface area contributed by atoms with Crippen molar-refractivity contribution >= 4 is 12.1 Å². The molecule has 0 saturated carbocycles. The highest BCUT2D eigenvalue weighted by Crippen LogP contribution is 2.13. The topological polar surface area (TPSA) is 84.9 Å². The van der Waals surface area contributed by atoms with Crippen LogP contribution in [0.3, 0.4) is 0 Å². The SMILES string of the molecule is CCOC(=O)CCC(O)C(Cc1ccccc1)NC(=O)OC(C)(C)C. The fourth-order valence-corrected chi connectivity index (χ4v) is 2.31. The first-order chi connectivity index (χ1) is 11.7. The van der Waals surface area contributed by atoms with Crippen LogP contribution in [0.4, 0.5) is 4.79 Å². The van der Waals surface area contributed by atoms with E-state index in [4.69, 9.17) is 9.47 Å². The van der Waals surface area contributed by atoms with Crippen LogP contribution in [-0.4, -0.2) is 41.5 Å². The quantitative estimate of drug-likeness (QED) is 0.704. The van der Waals surface area contributed by atoms with E-state index in [-0.39, 0.29) is 18.8 Å². The van der Waals surface area contributed by atoms with Crippen molar-refractivity contribution < 1.29 is 24.2 Å². The Hall–Kier alpha value is -2.08. The third-order valence-electron chi connectivity index (χ3n) is 3.41. The Morgan fingerprint density at radius 1 is 1.20 bits per heavy atom. The minimum Gasteiger partial charge on any atom is -0.466 e. The van der Waals surface area contributed by atoms with Gasteiger partial charge in [-0.25, -0.2) is 4.79 Å². The standard InChI is InChI=1S/C19H29NO5/c1-5-24-17(22)12-11-16(21)15(13-14-9-7-6-8-10-14)20-18(23)25-19(2,3)4/h6-10,15-16,21H,5,11-13H2,1-4H3,(H,20,23). The molecule has 0 fully saturated rings. The molecule has 1 aromatic rings. The number of carbonyl (C=O) groups excluding carboxylic acids is 2. The number of aliphatic hydroxyl groups excluding tert-OH is 1. The fraction of sp³-hybridized carbons (Fsp3) is 0.579. The van der Waals surface area contributed by atoms with Gasteiger partial charge in [-0.3, -0.25) is 4.79 Å². The van der Waals surface area contributed by atoms with Crippen LogP contribution in [0.15, 0.2) is 30.3 Å². The molecule has 0 aromatic heterocycles. The van der Waals surface area contributed by atoms with Crippen LogP contribution in [0, 0.1) is 0 Å². The highest BCUT2D eigenvalue weighted by molar-refractivity contribution is 5.69. The lowest BCUT2D eigenvalue weighted by atomic mass is 9.98. The Labute approximate surface area is 149 Å². The van der Waals surface area contributed by atoms with E-state index in [2.05, 4.69) is 5.32 Å². The van der Waals surface area contributed by atoms with Crippen molar-refractivity contribution in [2.45, 2.75) is 64.7 Å². The minimum atomic E-state index is -0.892. The van der Waals surface area contributed by atoms with E-state index >= 15 is 0 Å². The van der Waals surface area contributed by atoms with Gasteiger partial charge in [-0.1, -0.05) is 30.3 Å². The Balaban J connectivity index is 2.72. The highest BCUT2D eigenvalue weighted by atomic mass is 16.6. The van der Waals surface area contributed by atoms with Crippen LogP contribution >= 0.6 is 0 Å². The summed E-state index contributed by atoms with van der Waals surface area (Å²) in [6.45, 7) is 7.36. The lowest BCUT2D eigenvalue weighted by Crippen LogP contribution is -2.46. The maximum Gasteiger partial charge on any atom is 0.407 e. The van der Waals surface area contributed by atoms with E-state index in [0.717, 1.165) is 5.56 Å². The number of ether oxygens (including phenoxy) is 2. The van der Waals surface area contributed by atoms with Crippen molar-refractivity contribution in [2.24, 2.45) is 0 Å². The van der Waals surface area contributed by atoms with E-state index in [1.807, 2.05) is 30.3 Å². The van der Waals surface area contributed by atoms with Gasteiger partial charge >= 0.3 is 12.1 Å². The average Bonchev–Trinajstić information content (AvgIpc) is 2.51. The molecule has 0 spiro atoms. The molecule has 1 aromatic carbocycles. The molecule has 2 N–H and O–H groups in total. The van der Waals surface area contributed by atoms with Crippen LogP contribution < -0.4 is 5.32 Å². The van der Waals surface area contributed by atoms with Crippen LogP contribution in [0.2, 0.25) is 0 Å². The first kappa shape index (κ1) is 21.0. The lowest BCUT2D eigenvalue weighted by molar-refractivity contribution is -0.143. The molecule has 0 saturated heterocycles. The summed E-state index contributed by atoms with van der Waals surface area (Å²) in [4.78, 5) is 23.6. The number of alkyl carbamates (subject to hydrolysis) is 1. The number of rotatable bonds is 8. The van der Waals surface area contributed by atoms with E-state index < -0.39 is 23.8 Å². The molecule has 25 heavy (non-hydrogen) atoms. The average molecular weight is 351 g/mol. The van der Waals surface area contributed by atoms with Crippen molar-refractivity contribution in [3.63, 3.8) is 0 Å². The summed E-state index contributed by atoms with van der Waals surface area (Å²) in [5, 5.41) is 13.2. The van der Waals surface area contributed by atoms with E-state index in [1.165, 1.54) is 0 Å². The van der Waals surface area contributed by atoms with E-state index in [0.29, 0.717) is 13.0 Å². The molecular weight excluding hydrogens is 322 g/mol. The van der Waals surface area contributed by atoms with Crippen molar-refractivity contribution in [3.8, 4) is 0 Å². The molecule has 140 valence electrons. The first-order valence-corrected chi connectivity index (χ1v) is 8.58. The van der Waals surface area contributed by atoms with Crippen LogP contribution in [0.1, 0.15) is 46.1 Å². The molecule has 2 unspecified atom stereocenters. The van der Waals surface area contributed by atoms with Gasteiger partial charge < -0.3 is 19.9 Å². The summed E-state index contributed by atoms with van der Waals surface area (Å²) in [5.41, 5.74) is 0.343. The van der Waals surface area contributed by atoms with Crippen LogP contribution in [-0.2, 0) is 20.7 Å². The van der Waals surface area contributed by atoms with E-state index in [9.17, 15) is 14.7 Å². The van der Waals surface area contributed by atoms with Crippen molar-refractivity contribution in [1.82, 2.24) is 5.32 Å². The van der Waals surface area contributed by atoms with Gasteiger partial charge in [0.25, 0.3) is 0 Å². The van der Waals surface area contributed by atoms with E-state index in [1.54, 1.807) is 27.7 Å². The molecule has 6 nitrogen and oxygen atoms in total. The number of amides is 1. The first-order valence-electron chi connectivity index (χ1n) is 8.58. The van der Waals surface area contributed by atoms with Gasteiger partial charge in [-0.05, 0) is 46.1 Å². The lowest BCUT2D eigenvalue weighted by Gasteiger charge is -2.26. The van der Waals surface area contributed by atoms with Gasteiger partial charge in [0.15, 0.2) is 0 Å². The highest BCUT2D eigenvalue weighted by Gasteiger charge is 2.25. The summed E-state index contributed by atoms with van der Waals surface area (Å²) in [6, 6.07) is 8.96. The Morgan fingerprint density at radius 2 is 1.84 bits per heavy atom. The molecule has 0 aliphatic heterocycles. The van der Waals surface area contributed by atoms with Gasteiger partial charge in [0, 0.05) is 6.42 Å². The Bertz CT molecular complexity index is 538. The molecule has 0 radical (unpaired) electrons. The molecule has 0 heterocycles. The maximum atomic E-state index is 12.1. The van der Waals surface area contributed by atoms with Gasteiger partial charge in [-0.15, -0.1) is 0 Å². The predicted molar refractivity (Wildman–Crippen MR) is 95.2 cm³/mol. The predicted octanol–water partition coefficient (Wildman–Crippen LogP) is 2.83. The summed E-state index contributed by atoms with van der Waals surface area (Å²) >= 11 is 0. The van der Waals surface area contributed by atoms with Crippen molar-refractivity contribution in [2.75, 3.05) is 6.61 Å². The zero-order valence-electron chi connectivity index (χ0n) is 15.5. The van der Waals surface area contributed by atoms with Gasteiger partial charge in [-0.2, -0.15) is 0 Å². The molecule has 1 amide bonds. The van der Waals surface area contributed by atoms with Gasteiger partial charge in [0.05, 0.1) is 18.8 Å². The summed E-state index contributed by atoms with van der Waals surface area (Å²) in [5.74, 6) is -0.364. The third kappa shape index (κ3) is 9.10. The monoisotopic (exact) mass is 351 g/mol. The zero-order chi connectivity index (χ0) is 18.9.